The predicted molar refractivity (Wildman–Crippen MR) is 124 cm³/mol. The standard InChI is InChI=1S/C25H22N4O2S/c1-18(31-23-14-8-13-22(15-23)30-2)24-27-28-25(29(24)21-11-4-3-5-12-21)32-17-20-10-7-6-9-19(20)16-26/h3-15,18H,17H2,1-2H3. The Labute approximate surface area is 191 Å². The second kappa shape index (κ2) is 10.0. The first-order valence-electron chi connectivity index (χ1n) is 10.1. The van der Waals surface area contributed by atoms with Crippen LogP contribution < -0.4 is 9.47 Å². The summed E-state index contributed by atoms with van der Waals surface area (Å²) in [5.74, 6) is 2.72. The fourth-order valence-electron chi connectivity index (χ4n) is 3.29. The van der Waals surface area contributed by atoms with Crippen LogP contribution in [0.1, 0.15) is 30.0 Å². The van der Waals surface area contributed by atoms with Gasteiger partial charge in [-0.05, 0) is 42.8 Å². The Bertz CT molecular complexity index is 1230. The van der Waals surface area contributed by atoms with Gasteiger partial charge >= 0.3 is 0 Å². The van der Waals surface area contributed by atoms with E-state index in [4.69, 9.17) is 9.47 Å². The van der Waals surface area contributed by atoms with Crippen LogP contribution in [0.3, 0.4) is 0 Å². The van der Waals surface area contributed by atoms with Crippen LogP contribution in [0.2, 0.25) is 0 Å². The molecule has 0 spiro atoms. The van der Waals surface area contributed by atoms with Gasteiger partial charge < -0.3 is 9.47 Å². The summed E-state index contributed by atoms with van der Waals surface area (Å²) in [5, 5.41) is 19.0. The zero-order valence-electron chi connectivity index (χ0n) is 17.8. The largest absolute Gasteiger partial charge is 0.497 e. The van der Waals surface area contributed by atoms with Gasteiger partial charge in [-0.2, -0.15) is 5.26 Å². The number of nitriles is 1. The minimum absolute atomic E-state index is 0.351. The minimum atomic E-state index is -0.351. The molecule has 0 aliphatic carbocycles. The number of aromatic nitrogens is 3. The molecule has 0 amide bonds. The Morgan fingerprint density at radius 3 is 2.50 bits per heavy atom. The van der Waals surface area contributed by atoms with E-state index in [-0.39, 0.29) is 6.10 Å². The summed E-state index contributed by atoms with van der Waals surface area (Å²) >= 11 is 1.54. The Balaban J connectivity index is 1.64. The monoisotopic (exact) mass is 442 g/mol. The molecule has 1 aromatic heterocycles. The molecule has 7 heteroatoms. The highest BCUT2D eigenvalue weighted by atomic mass is 32.2. The molecule has 6 nitrogen and oxygen atoms in total. The Kier molecular flexibility index (Phi) is 6.73. The summed E-state index contributed by atoms with van der Waals surface area (Å²) in [6.07, 6.45) is -0.351. The van der Waals surface area contributed by atoms with E-state index >= 15 is 0 Å². The van der Waals surface area contributed by atoms with E-state index in [0.717, 1.165) is 22.2 Å². The molecule has 4 aromatic rings. The lowest BCUT2D eigenvalue weighted by molar-refractivity contribution is 0.212. The molecule has 160 valence electrons. The molecule has 0 radical (unpaired) electrons. The van der Waals surface area contributed by atoms with Gasteiger partial charge in [-0.1, -0.05) is 54.2 Å². The van der Waals surface area contributed by atoms with Crippen LogP contribution in [0, 0.1) is 11.3 Å². The van der Waals surface area contributed by atoms with E-state index in [2.05, 4.69) is 16.3 Å². The van der Waals surface area contributed by atoms with E-state index in [1.165, 1.54) is 11.8 Å². The maximum absolute atomic E-state index is 9.38. The van der Waals surface area contributed by atoms with E-state index < -0.39 is 0 Å². The second-order valence-corrected chi connectivity index (χ2v) is 7.95. The van der Waals surface area contributed by atoms with Crippen molar-refractivity contribution < 1.29 is 9.47 Å². The van der Waals surface area contributed by atoms with Gasteiger partial charge in [0.15, 0.2) is 17.1 Å². The number of hydrogen-bond acceptors (Lipinski definition) is 6. The summed E-state index contributed by atoms with van der Waals surface area (Å²) in [6, 6.07) is 27.3. The number of ether oxygens (including phenoxy) is 2. The van der Waals surface area contributed by atoms with E-state index in [9.17, 15) is 5.26 Å². The Morgan fingerprint density at radius 1 is 0.969 bits per heavy atom. The third-order valence-corrected chi connectivity index (χ3v) is 5.86. The number of para-hydroxylation sites is 1. The van der Waals surface area contributed by atoms with E-state index in [0.29, 0.717) is 22.9 Å². The zero-order valence-corrected chi connectivity index (χ0v) is 18.6. The second-order valence-electron chi connectivity index (χ2n) is 7.01. The highest BCUT2D eigenvalue weighted by Crippen LogP contribution is 2.30. The van der Waals surface area contributed by atoms with Crippen LogP contribution in [0.25, 0.3) is 5.69 Å². The van der Waals surface area contributed by atoms with Crippen LogP contribution in [-0.4, -0.2) is 21.9 Å². The van der Waals surface area contributed by atoms with Gasteiger partial charge in [-0.3, -0.25) is 4.57 Å². The smallest absolute Gasteiger partial charge is 0.196 e. The molecule has 1 unspecified atom stereocenters. The van der Waals surface area contributed by atoms with Gasteiger partial charge in [0.05, 0.1) is 18.7 Å². The van der Waals surface area contributed by atoms with Crippen molar-refractivity contribution in [3.63, 3.8) is 0 Å². The van der Waals surface area contributed by atoms with Gasteiger partial charge in [-0.15, -0.1) is 10.2 Å². The number of hydrogen-bond donors (Lipinski definition) is 0. The average Bonchev–Trinajstić information content (AvgIpc) is 3.27. The van der Waals surface area contributed by atoms with Gasteiger partial charge in [0, 0.05) is 17.5 Å². The molecule has 32 heavy (non-hydrogen) atoms. The van der Waals surface area contributed by atoms with Crippen molar-refractivity contribution in [2.24, 2.45) is 0 Å². The van der Waals surface area contributed by atoms with Crippen molar-refractivity contribution in [1.82, 2.24) is 14.8 Å². The summed E-state index contributed by atoms with van der Waals surface area (Å²) in [5.41, 5.74) is 2.58. The predicted octanol–water partition coefficient (Wildman–Crippen LogP) is 5.58. The van der Waals surface area contributed by atoms with Gasteiger partial charge in [-0.25, -0.2) is 0 Å². The van der Waals surface area contributed by atoms with E-state index in [1.54, 1.807) is 7.11 Å². The maximum atomic E-state index is 9.38. The van der Waals surface area contributed by atoms with Crippen molar-refractivity contribution in [3.05, 3.63) is 95.8 Å². The van der Waals surface area contributed by atoms with Crippen molar-refractivity contribution in [2.45, 2.75) is 23.9 Å². The van der Waals surface area contributed by atoms with Gasteiger partial charge in [0.2, 0.25) is 0 Å². The SMILES string of the molecule is COc1cccc(OC(C)c2nnc(SCc3ccccc3C#N)n2-c2ccccc2)c1. The average molecular weight is 443 g/mol. The fraction of sp³-hybridized carbons (Fsp3) is 0.160. The normalized spacial score (nSPS) is 11.5. The summed E-state index contributed by atoms with van der Waals surface area (Å²) in [6.45, 7) is 1.95. The fourth-order valence-corrected chi connectivity index (χ4v) is 4.25. The van der Waals surface area contributed by atoms with Crippen molar-refractivity contribution in [1.29, 1.82) is 5.26 Å². The van der Waals surface area contributed by atoms with Crippen LogP contribution in [-0.2, 0) is 5.75 Å². The first-order chi connectivity index (χ1) is 15.7. The first-order valence-corrected chi connectivity index (χ1v) is 11.1. The number of thioether (sulfide) groups is 1. The summed E-state index contributed by atoms with van der Waals surface area (Å²) in [4.78, 5) is 0. The summed E-state index contributed by atoms with van der Waals surface area (Å²) < 4.78 is 13.5. The highest BCUT2D eigenvalue weighted by molar-refractivity contribution is 7.98. The van der Waals surface area contributed by atoms with Crippen molar-refractivity contribution in [2.75, 3.05) is 7.11 Å². The summed E-state index contributed by atoms with van der Waals surface area (Å²) in [7, 11) is 1.63. The number of nitrogens with zero attached hydrogens (tertiary/aromatic N) is 4. The number of methoxy groups -OCH3 is 1. The van der Waals surface area contributed by atoms with Crippen LogP contribution in [0.15, 0.2) is 84.0 Å². The molecule has 0 saturated heterocycles. The van der Waals surface area contributed by atoms with Crippen LogP contribution >= 0.6 is 11.8 Å². The minimum Gasteiger partial charge on any atom is -0.497 e. The maximum Gasteiger partial charge on any atom is 0.196 e. The lowest BCUT2D eigenvalue weighted by atomic mass is 10.1. The molecule has 0 N–H and O–H groups in total. The Hall–Kier alpha value is -3.76. The van der Waals surface area contributed by atoms with Gasteiger partial charge in [0.25, 0.3) is 0 Å². The molecule has 4 rings (SSSR count). The third kappa shape index (κ3) is 4.76. The quantitative estimate of drug-likeness (QED) is 0.332. The number of rotatable bonds is 8. The molecule has 1 heterocycles. The lowest BCUT2D eigenvalue weighted by Crippen LogP contribution is -2.11. The lowest BCUT2D eigenvalue weighted by Gasteiger charge is -2.17. The van der Waals surface area contributed by atoms with Crippen molar-refractivity contribution >= 4 is 11.8 Å². The highest BCUT2D eigenvalue weighted by Gasteiger charge is 2.21. The molecule has 1 atom stereocenters. The van der Waals surface area contributed by atoms with Gasteiger partial charge in [0.1, 0.15) is 11.5 Å². The third-order valence-electron chi connectivity index (χ3n) is 4.89. The molecular weight excluding hydrogens is 420 g/mol. The van der Waals surface area contributed by atoms with Crippen LogP contribution in [0.4, 0.5) is 0 Å². The van der Waals surface area contributed by atoms with Crippen LogP contribution in [0.5, 0.6) is 11.5 Å². The van der Waals surface area contributed by atoms with E-state index in [1.807, 2.05) is 90.4 Å². The molecule has 0 aliphatic rings. The molecule has 0 bridgehead atoms. The molecule has 0 fully saturated rings. The zero-order chi connectivity index (χ0) is 22.3. The number of benzene rings is 3. The Morgan fingerprint density at radius 2 is 1.72 bits per heavy atom. The topological polar surface area (TPSA) is 73.0 Å². The molecule has 0 aliphatic heterocycles. The molecular formula is C25H22N4O2S. The molecule has 0 saturated carbocycles. The molecule has 3 aromatic carbocycles. The first kappa shape index (κ1) is 21.5. The van der Waals surface area contributed by atoms with Crippen molar-refractivity contribution in [3.8, 4) is 23.3 Å².